The largest absolute Gasteiger partial charge is 0.494 e. The SMILES string of the molecule is CCOc1ccc(NC(=O)CN2C(=O)N(c3ccc(F)cc3)[C@@H]3CS(=O)(=O)C[C@@H]32)cc1. The molecule has 2 aliphatic rings. The molecule has 0 aromatic heterocycles. The lowest BCUT2D eigenvalue weighted by Crippen LogP contribution is -2.42. The molecule has 3 amide bonds. The monoisotopic (exact) mass is 447 g/mol. The molecule has 10 heteroatoms. The second-order valence-electron chi connectivity index (χ2n) is 7.47. The fourth-order valence-corrected chi connectivity index (χ4v) is 5.97. The second kappa shape index (κ2) is 8.18. The van der Waals surface area contributed by atoms with E-state index in [1.54, 1.807) is 24.3 Å². The van der Waals surface area contributed by atoms with Gasteiger partial charge in [0, 0.05) is 11.4 Å². The Kier molecular flexibility index (Phi) is 5.57. The first-order chi connectivity index (χ1) is 14.8. The van der Waals surface area contributed by atoms with E-state index in [2.05, 4.69) is 5.32 Å². The van der Waals surface area contributed by atoms with Crippen molar-refractivity contribution in [3.63, 3.8) is 0 Å². The molecule has 2 aromatic rings. The number of carbonyl (C=O) groups excluding carboxylic acids is 2. The van der Waals surface area contributed by atoms with E-state index in [-0.39, 0.29) is 18.1 Å². The maximum Gasteiger partial charge on any atom is 0.325 e. The molecule has 0 radical (unpaired) electrons. The molecule has 1 N–H and O–H groups in total. The molecule has 4 rings (SSSR count). The van der Waals surface area contributed by atoms with Gasteiger partial charge in [-0.15, -0.1) is 0 Å². The zero-order valence-electron chi connectivity index (χ0n) is 16.8. The first kappa shape index (κ1) is 21.1. The van der Waals surface area contributed by atoms with Crippen LogP contribution >= 0.6 is 0 Å². The highest BCUT2D eigenvalue weighted by Crippen LogP contribution is 2.35. The number of nitrogens with zero attached hydrogens (tertiary/aromatic N) is 2. The van der Waals surface area contributed by atoms with Gasteiger partial charge < -0.3 is 15.0 Å². The molecule has 0 spiro atoms. The normalized spacial score (nSPS) is 21.8. The van der Waals surface area contributed by atoms with Gasteiger partial charge in [-0.25, -0.2) is 17.6 Å². The van der Waals surface area contributed by atoms with Crippen LogP contribution in [-0.4, -0.2) is 62.0 Å². The molecule has 2 fully saturated rings. The molecular weight excluding hydrogens is 425 g/mol. The molecule has 2 saturated heterocycles. The van der Waals surface area contributed by atoms with Crippen LogP contribution < -0.4 is 15.0 Å². The molecule has 8 nitrogen and oxygen atoms in total. The molecule has 2 aliphatic heterocycles. The molecule has 2 heterocycles. The van der Waals surface area contributed by atoms with E-state index in [4.69, 9.17) is 4.74 Å². The molecule has 2 atom stereocenters. The minimum absolute atomic E-state index is 0.197. The summed E-state index contributed by atoms with van der Waals surface area (Å²) in [6, 6.07) is 10.3. The smallest absolute Gasteiger partial charge is 0.325 e. The Morgan fingerprint density at radius 2 is 1.74 bits per heavy atom. The third-order valence-corrected chi connectivity index (χ3v) is 7.04. The van der Waals surface area contributed by atoms with Crippen molar-refractivity contribution in [2.24, 2.45) is 0 Å². The highest BCUT2D eigenvalue weighted by molar-refractivity contribution is 7.91. The van der Waals surface area contributed by atoms with Crippen LogP contribution in [0.1, 0.15) is 6.92 Å². The lowest BCUT2D eigenvalue weighted by atomic mass is 10.1. The molecule has 164 valence electrons. The summed E-state index contributed by atoms with van der Waals surface area (Å²) in [6.07, 6.45) is 0. The Morgan fingerprint density at radius 1 is 1.10 bits per heavy atom. The number of fused-ring (bicyclic) bond motifs is 1. The number of benzene rings is 2. The second-order valence-corrected chi connectivity index (χ2v) is 9.63. The number of halogens is 1. The van der Waals surface area contributed by atoms with E-state index in [0.717, 1.165) is 0 Å². The Hall–Kier alpha value is -3.14. The van der Waals surface area contributed by atoms with Crippen LogP contribution in [0.2, 0.25) is 0 Å². The summed E-state index contributed by atoms with van der Waals surface area (Å²) >= 11 is 0. The molecule has 0 aliphatic carbocycles. The molecule has 0 bridgehead atoms. The van der Waals surface area contributed by atoms with Gasteiger partial charge in [0.1, 0.15) is 18.1 Å². The molecule has 31 heavy (non-hydrogen) atoms. The van der Waals surface area contributed by atoms with Crippen molar-refractivity contribution in [3.05, 3.63) is 54.3 Å². The van der Waals surface area contributed by atoms with Crippen molar-refractivity contribution in [2.75, 3.05) is 34.9 Å². The van der Waals surface area contributed by atoms with Gasteiger partial charge in [-0.3, -0.25) is 9.69 Å². The Labute approximate surface area is 179 Å². The molecular formula is C21H22FN3O5S. The van der Waals surface area contributed by atoms with Crippen LogP contribution in [0.3, 0.4) is 0 Å². The van der Waals surface area contributed by atoms with E-state index >= 15 is 0 Å². The van der Waals surface area contributed by atoms with Gasteiger partial charge in [0.15, 0.2) is 9.84 Å². The molecule has 2 aromatic carbocycles. The van der Waals surface area contributed by atoms with Gasteiger partial charge in [-0.2, -0.15) is 0 Å². The minimum Gasteiger partial charge on any atom is -0.494 e. The number of ether oxygens (including phenoxy) is 1. The highest BCUT2D eigenvalue weighted by Gasteiger charge is 2.54. The zero-order chi connectivity index (χ0) is 22.2. The summed E-state index contributed by atoms with van der Waals surface area (Å²) in [4.78, 5) is 28.3. The van der Waals surface area contributed by atoms with E-state index in [1.165, 1.54) is 34.1 Å². The van der Waals surface area contributed by atoms with E-state index in [1.807, 2.05) is 6.92 Å². The summed E-state index contributed by atoms with van der Waals surface area (Å²) in [7, 11) is -3.37. The van der Waals surface area contributed by atoms with Crippen molar-refractivity contribution < 1.29 is 27.1 Å². The van der Waals surface area contributed by atoms with Crippen molar-refractivity contribution in [1.82, 2.24) is 4.90 Å². The predicted octanol–water partition coefficient (Wildman–Crippen LogP) is 2.27. The quantitative estimate of drug-likeness (QED) is 0.686. The Morgan fingerprint density at radius 3 is 2.39 bits per heavy atom. The van der Waals surface area contributed by atoms with Crippen LogP contribution in [0.5, 0.6) is 5.75 Å². The third-order valence-electron chi connectivity index (χ3n) is 5.35. The number of carbonyl (C=O) groups is 2. The van der Waals surface area contributed by atoms with Crippen molar-refractivity contribution >= 4 is 33.2 Å². The highest BCUT2D eigenvalue weighted by atomic mass is 32.2. The number of rotatable bonds is 6. The standard InChI is InChI=1S/C21H22FN3O5S/c1-2-30-17-9-5-15(6-10-17)23-20(26)11-24-18-12-31(28,29)13-19(18)25(21(24)27)16-7-3-14(22)4-8-16/h3-10,18-19H,2,11-13H2,1H3,(H,23,26)/t18-,19+/m0/s1. The summed E-state index contributed by atoms with van der Waals surface area (Å²) < 4.78 is 43.2. The number of anilines is 2. The first-order valence-corrected chi connectivity index (χ1v) is 11.7. The van der Waals surface area contributed by atoms with Crippen LogP contribution in [0, 0.1) is 5.82 Å². The Balaban J connectivity index is 1.52. The molecule has 0 unspecified atom stereocenters. The van der Waals surface area contributed by atoms with Gasteiger partial charge in [0.2, 0.25) is 5.91 Å². The average Bonchev–Trinajstić information content (AvgIpc) is 3.15. The summed E-state index contributed by atoms with van der Waals surface area (Å²) in [5, 5.41) is 2.72. The van der Waals surface area contributed by atoms with Gasteiger partial charge in [0.05, 0.1) is 30.2 Å². The topological polar surface area (TPSA) is 96.0 Å². The maximum atomic E-state index is 13.3. The lowest BCUT2D eigenvalue weighted by molar-refractivity contribution is -0.116. The summed E-state index contributed by atoms with van der Waals surface area (Å²) in [5.41, 5.74) is 0.930. The number of hydrogen-bond acceptors (Lipinski definition) is 5. The average molecular weight is 447 g/mol. The van der Waals surface area contributed by atoms with Gasteiger partial charge in [-0.05, 0) is 55.5 Å². The number of hydrogen-bond donors (Lipinski definition) is 1. The van der Waals surface area contributed by atoms with Crippen molar-refractivity contribution in [3.8, 4) is 5.75 Å². The van der Waals surface area contributed by atoms with Crippen LogP contribution in [0.4, 0.5) is 20.6 Å². The van der Waals surface area contributed by atoms with Gasteiger partial charge in [-0.1, -0.05) is 0 Å². The first-order valence-electron chi connectivity index (χ1n) is 9.86. The number of sulfone groups is 1. The minimum atomic E-state index is -3.37. The van der Waals surface area contributed by atoms with Crippen molar-refractivity contribution in [1.29, 1.82) is 0 Å². The zero-order valence-corrected chi connectivity index (χ0v) is 17.6. The van der Waals surface area contributed by atoms with Gasteiger partial charge in [0.25, 0.3) is 0 Å². The predicted molar refractivity (Wildman–Crippen MR) is 113 cm³/mol. The van der Waals surface area contributed by atoms with Crippen LogP contribution in [-0.2, 0) is 14.6 Å². The fraction of sp³-hybridized carbons (Fsp3) is 0.333. The van der Waals surface area contributed by atoms with Crippen LogP contribution in [0.25, 0.3) is 0 Å². The maximum absolute atomic E-state index is 13.3. The van der Waals surface area contributed by atoms with E-state index < -0.39 is 39.7 Å². The number of urea groups is 1. The number of nitrogens with one attached hydrogen (secondary N) is 1. The van der Waals surface area contributed by atoms with Gasteiger partial charge >= 0.3 is 6.03 Å². The fourth-order valence-electron chi connectivity index (χ4n) is 4.02. The lowest BCUT2D eigenvalue weighted by Gasteiger charge is -2.22. The molecule has 0 saturated carbocycles. The summed E-state index contributed by atoms with van der Waals surface area (Å²) in [5.74, 6) is -0.641. The third kappa shape index (κ3) is 4.34. The Bertz CT molecular complexity index is 1090. The summed E-state index contributed by atoms with van der Waals surface area (Å²) in [6.45, 7) is 2.10. The van der Waals surface area contributed by atoms with Crippen molar-refractivity contribution in [2.45, 2.75) is 19.0 Å². The van der Waals surface area contributed by atoms with E-state index in [9.17, 15) is 22.4 Å². The number of amides is 3. The van der Waals surface area contributed by atoms with E-state index in [0.29, 0.717) is 23.7 Å². The van der Waals surface area contributed by atoms with Crippen LogP contribution in [0.15, 0.2) is 48.5 Å².